The summed E-state index contributed by atoms with van der Waals surface area (Å²) in [7, 11) is 0. The van der Waals surface area contributed by atoms with Gasteiger partial charge in [-0.25, -0.2) is 0 Å². The molecule has 0 bridgehead atoms. The van der Waals surface area contributed by atoms with Gasteiger partial charge < -0.3 is 0 Å². The second-order valence-electron chi connectivity index (χ2n) is 8.54. The Morgan fingerprint density at radius 3 is 1.56 bits per heavy atom. The molecule has 0 spiro atoms. The van der Waals surface area contributed by atoms with E-state index in [4.69, 9.17) is 0 Å². The van der Waals surface area contributed by atoms with Crippen LogP contribution in [0.5, 0.6) is 0 Å². The highest BCUT2D eigenvalue weighted by atomic mass is 16.1. The molecule has 0 amide bonds. The van der Waals surface area contributed by atoms with Gasteiger partial charge in [-0.3, -0.25) is 9.69 Å². The first kappa shape index (κ1) is 23.4. The average molecular weight is 446 g/mol. The number of aryl methyl sites for hydroxylation is 1. The topological polar surface area (TPSA) is 20.3 Å². The molecule has 1 atom stereocenters. The van der Waals surface area contributed by atoms with E-state index in [1.807, 2.05) is 36.4 Å². The van der Waals surface area contributed by atoms with Crippen molar-refractivity contribution in [1.82, 2.24) is 4.90 Å². The van der Waals surface area contributed by atoms with E-state index in [-0.39, 0.29) is 11.8 Å². The van der Waals surface area contributed by atoms with Gasteiger partial charge in [-0.2, -0.15) is 0 Å². The van der Waals surface area contributed by atoms with Crippen LogP contribution in [-0.4, -0.2) is 10.7 Å². The number of hydrogen-bond acceptors (Lipinski definition) is 2. The number of ketones is 1. The molecule has 0 radical (unpaired) electrons. The summed E-state index contributed by atoms with van der Waals surface area (Å²) in [4.78, 5) is 15.2. The van der Waals surface area contributed by atoms with Gasteiger partial charge in [-0.15, -0.1) is 0 Å². The normalized spacial score (nSPS) is 12.1. The number of allylic oxidation sites excluding steroid dienone is 1. The van der Waals surface area contributed by atoms with Crippen molar-refractivity contribution >= 4 is 5.78 Å². The molecule has 0 saturated carbocycles. The van der Waals surface area contributed by atoms with Crippen LogP contribution in [0.3, 0.4) is 0 Å². The Hall–Kier alpha value is -3.75. The summed E-state index contributed by atoms with van der Waals surface area (Å²) in [5.74, 6) is 0.157. The zero-order valence-electron chi connectivity index (χ0n) is 19.5. The smallest absolute Gasteiger partial charge is 0.155 e. The van der Waals surface area contributed by atoms with Crippen molar-refractivity contribution in [3.05, 3.63) is 156 Å². The molecule has 0 aliphatic rings. The number of benzene rings is 4. The van der Waals surface area contributed by atoms with Gasteiger partial charge in [-0.1, -0.05) is 127 Å². The fourth-order valence-corrected chi connectivity index (χ4v) is 4.18. The highest BCUT2D eigenvalue weighted by Gasteiger charge is 2.19. The zero-order valence-corrected chi connectivity index (χ0v) is 19.5. The lowest BCUT2D eigenvalue weighted by atomic mass is 10.0. The van der Waals surface area contributed by atoms with Crippen LogP contribution in [-0.2, 0) is 24.3 Å². The first-order valence-electron chi connectivity index (χ1n) is 11.9. The van der Waals surface area contributed by atoms with E-state index in [0.717, 1.165) is 19.5 Å². The lowest BCUT2D eigenvalue weighted by Gasteiger charge is -2.30. The molecule has 34 heavy (non-hydrogen) atoms. The van der Waals surface area contributed by atoms with Gasteiger partial charge in [0.1, 0.15) is 0 Å². The monoisotopic (exact) mass is 445 g/mol. The first-order valence-corrected chi connectivity index (χ1v) is 11.9. The van der Waals surface area contributed by atoms with Gasteiger partial charge in [0.15, 0.2) is 5.78 Å². The van der Waals surface area contributed by atoms with Crippen LogP contribution >= 0.6 is 0 Å². The van der Waals surface area contributed by atoms with Crippen molar-refractivity contribution in [3.8, 4) is 0 Å². The summed E-state index contributed by atoms with van der Waals surface area (Å²) in [6, 6.07) is 41.7. The van der Waals surface area contributed by atoms with Crippen molar-refractivity contribution in [3.63, 3.8) is 0 Å². The van der Waals surface area contributed by atoms with Crippen LogP contribution < -0.4 is 0 Å². The maximum Gasteiger partial charge on any atom is 0.155 e. The third-order valence-corrected chi connectivity index (χ3v) is 5.96. The summed E-state index contributed by atoms with van der Waals surface area (Å²) < 4.78 is 0. The molecule has 0 saturated heterocycles. The molecular formula is C32H31NO. The van der Waals surface area contributed by atoms with Crippen molar-refractivity contribution in [2.45, 2.75) is 32.0 Å². The van der Waals surface area contributed by atoms with Gasteiger partial charge >= 0.3 is 0 Å². The first-order chi connectivity index (χ1) is 16.8. The lowest BCUT2D eigenvalue weighted by molar-refractivity contribution is -0.114. The van der Waals surface area contributed by atoms with E-state index < -0.39 is 0 Å². The number of carbonyl (C=O) groups excluding carboxylic acids is 1. The summed E-state index contributed by atoms with van der Waals surface area (Å²) in [5, 5.41) is 0. The minimum absolute atomic E-state index is 0.0118. The highest BCUT2D eigenvalue weighted by Crippen LogP contribution is 2.27. The quantitative estimate of drug-likeness (QED) is 0.228. The molecule has 0 aromatic heterocycles. The second-order valence-corrected chi connectivity index (χ2v) is 8.54. The van der Waals surface area contributed by atoms with Crippen molar-refractivity contribution in [2.24, 2.45) is 0 Å². The van der Waals surface area contributed by atoms with E-state index in [1.165, 1.54) is 22.3 Å². The number of carbonyl (C=O) groups is 1. The molecule has 4 aromatic rings. The van der Waals surface area contributed by atoms with E-state index in [1.54, 1.807) is 6.08 Å². The second kappa shape index (κ2) is 12.5. The minimum Gasteiger partial charge on any atom is -0.295 e. The molecule has 170 valence electrons. The minimum atomic E-state index is -0.0118. The van der Waals surface area contributed by atoms with Crippen LogP contribution in [0, 0.1) is 0 Å². The SMILES string of the molecule is O=C(C=CC(c1ccccc1)N(Cc1ccccc1)Cc1ccccc1)CCc1ccccc1. The van der Waals surface area contributed by atoms with Crippen LogP contribution in [0.15, 0.2) is 133 Å². The fraction of sp³-hybridized carbons (Fsp3) is 0.156. The maximum atomic E-state index is 12.8. The Balaban J connectivity index is 1.58. The number of hydrogen-bond donors (Lipinski definition) is 0. The maximum absolute atomic E-state index is 12.8. The van der Waals surface area contributed by atoms with E-state index in [0.29, 0.717) is 6.42 Å². The third-order valence-electron chi connectivity index (χ3n) is 5.96. The van der Waals surface area contributed by atoms with Gasteiger partial charge in [-0.05, 0) is 34.8 Å². The lowest BCUT2D eigenvalue weighted by Crippen LogP contribution is -2.27. The molecule has 0 N–H and O–H groups in total. The Morgan fingerprint density at radius 1 is 0.618 bits per heavy atom. The average Bonchev–Trinajstić information content (AvgIpc) is 2.90. The molecular weight excluding hydrogens is 414 g/mol. The molecule has 4 aromatic carbocycles. The molecule has 2 nitrogen and oxygen atoms in total. The van der Waals surface area contributed by atoms with Crippen LogP contribution in [0.25, 0.3) is 0 Å². The van der Waals surface area contributed by atoms with Crippen LogP contribution in [0.2, 0.25) is 0 Å². The summed E-state index contributed by atoms with van der Waals surface area (Å²) in [5.41, 5.74) is 4.88. The van der Waals surface area contributed by atoms with Crippen LogP contribution in [0.1, 0.15) is 34.7 Å². The zero-order chi connectivity index (χ0) is 23.4. The summed E-state index contributed by atoms with van der Waals surface area (Å²) in [6.45, 7) is 1.58. The van der Waals surface area contributed by atoms with Crippen molar-refractivity contribution in [1.29, 1.82) is 0 Å². The number of rotatable bonds is 11. The van der Waals surface area contributed by atoms with Crippen molar-refractivity contribution in [2.75, 3.05) is 0 Å². The Bertz CT molecular complexity index is 1110. The predicted octanol–water partition coefficient (Wildman–Crippen LogP) is 7.19. The Labute approximate surface area is 203 Å². The van der Waals surface area contributed by atoms with Gasteiger partial charge in [0.2, 0.25) is 0 Å². The molecule has 0 fully saturated rings. The molecule has 2 heteroatoms. The highest BCUT2D eigenvalue weighted by molar-refractivity contribution is 5.89. The van der Waals surface area contributed by atoms with Crippen molar-refractivity contribution < 1.29 is 4.79 Å². The van der Waals surface area contributed by atoms with Gasteiger partial charge in [0.25, 0.3) is 0 Å². The van der Waals surface area contributed by atoms with Gasteiger partial charge in [0.05, 0.1) is 6.04 Å². The Morgan fingerprint density at radius 2 is 1.06 bits per heavy atom. The van der Waals surface area contributed by atoms with E-state index >= 15 is 0 Å². The molecule has 0 aliphatic carbocycles. The van der Waals surface area contributed by atoms with Crippen LogP contribution in [0.4, 0.5) is 0 Å². The van der Waals surface area contributed by atoms with E-state index in [9.17, 15) is 4.79 Å². The molecule has 1 unspecified atom stereocenters. The Kier molecular flexibility index (Phi) is 8.59. The van der Waals surface area contributed by atoms with E-state index in [2.05, 4.69) is 95.9 Å². The standard InChI is InChI=1S/C32H31NO/c34-31(22-21-27-13-5-1-6-14-27)23-24-32(30-19-11-4-12-20-30)33(25-28-15-7-2-8-16-28)26-29-17-9-3-10-18-29/h1-20,23-24,32H,21-22,25-26H2. The molecule has 0 heterocycles. The largest absolute Gasteiger partial charge is 0.295 e. The summed E-state index contributed by atoms with van der Waals surface area (Å²) in [6.07, 6.45) is 5.13. The number of nitrogens with zero attached hydrogens (tertiary/aromatic N) is 1. The summed E-state index contributed by atoms with van der Waals surface area (Å²) >= 11 is 0. The molecule has 4 rings (SSSR count). The third kappa shape index (κ3) is 7.13. The van der Waals surface area contributed by atoms with Gasteiger partial charge in [0, 0.05) is 19.5 Å². The predicted molar refractivity (Wildman–Crippen MR) is 140 cm³/mol. The molecule has 0 aliphatic heterocycles. The fourth-order valence-electron chi connectivity index (χ4n) is 4.18.